The molecule has 1 aliphatic rings. The number of nitrogens with one attached hydrogen (secondary N) is 1. The standard InChI is InChI=1S/C13H13F3N2O2/c14-13(15,16)8-18-10(7-17)9-2-3-11-12(6-9)20-5-1-4-19-11/h2-3,6,10,18H,1,4-5,8H2. The van der Waals surface area contributed by atoms with Gasteiger partial charge in [-0.25, -0.2) is 0 Å². The van der Waals surface area contributed by atoms with Crippen LogP contribution < -0.4 is 14.8 Å². The lowest BCUT2D eigenvalue weighted by Crippen LogP contribution is -2.31. The first-order valence-corrected chi connectivity index (χ1v) is 6.09. The van der Waals surface area contributed by atoms with Crippen molar-refractivity contribution in [3.63, 3.8) is 0 Å². The Morgan fingerprint density at radius 2 is 1.95 bits per heavy atom. The summed E-state index contributed by atoms with van der Waals surface area (Å²) in [6.07, 6.45) is -3.63. The Morgan fingerprint density at radius 1 is 1.25 bits per heavy atom. The predicted molar refractivity (Wildman–Crippen MR) is 64.5 cm³/mol. The molecule has 0 amide bonds. The number of alkyl halides is 3. The molecule has 20 heavy (non-hydrogen) atoms. The van der Waals surface area contributed by atoms with Crippen LogP contribution in [0.4, 0.5) is 13.2 Å². The Kier molecular flexibility index (Phi) is 4.35. The molecule has 7 heteroatoms. The minimum atomic E-state index is -4.36. The van der Waals surface area contributed by atoms with Gasteiger partial charge in [0.2, 0.25) is 0 Å². The van der Waals surface area contributed by atoms with Crippen molar-refractivity contribution in [3.8, 4) is 17.6 Å². The van der Waals surface area contributed by atoms with Gasteiger partial charge in [-0.2, -0.15) is 18.4 Å². The van der Waals surface area contributed by atoms with E-state index in [2.05, 4.69) is 5.32 Å². The summed E-state index contributed by atoms with van der Waals surface area (Å²) in [6.45, 7) is -0.219. The van der Waals surface area contributed by atoms with Crippen LogP contribution in [-0.4, -0.2) is 25.9 Å². The van der Waals surface area contributed by atoms with Crippen LogP contribution in [0.2, 0.25) is 0 Å². The number of rotatable bonds is 3. The molecule has 4 nitrogen and oxygen atoms in total. The molecule has 0 aliphatic carbocycles. The summed E-state index contributed by atoms with van der Waals surface area (Å²) < 4.78 is 47.4. The van der Waals surface area contributed by atoms with Crippen molar-refractivity contribution in [1.29, 1.82) is 5.26 Å². The van der Waals surface area contributed by atoms with E-state index in [1.54, 1.807) is 18.2 Å². The molecule has 1 aromatic carbocycles. The maximum Gasteiger partial charge on any atom is 0.401 e. The minimum Gasteiger partial charge on any atom is -0.490 e. The summed E-state index contributed by atoms with van der Waals surface area (Å²) in [5, 5.41) is 11.1. The zero-order chi connectivity index (χ0) is 14.6. The van der Waals surface area contributed by atoms with E-state index in [-0.39, 0.29) is 0 Å². The van der Waals surface area contributed by atoms with E-state index in [0.29, 0.717) is 30.3 Å². The van der Waals surface area contributed by atoms with Gasteiger partial charge in [-0.05, 0) is 17.7 Å². The van der Waals surface area contributed by atoms with Gasteiger partial charge >= 0.3 is 6.18 Å². The average molecular weight is 286 g/mol. The molecule has 0 bridgehead atoms. The Hall–Kier alpha value is -1.94. The van der Waals surface area contributed by atoms with E-state index in [0.717, 1.165) is 6.42 Å². The normalized spacial score (nSPS) is 16.1. The van der Waals surface area contributed by atoms with Crippen LogP contribution in [0.5, 0.6) is 11.5 Å². The highest BCUT2D eigenvalue weighted by Crippen LogP contribution is 2.32. The summed E-state index contributed by atoms with van der Waals surface area (Å²) in [4.78, 5) is 0. The van der Waals surface area contributed by atoms with Gasteiger partial charge < -0.3 is 9.47 Å². The second kappa shape index (κ2) is 6.01. The molecular weight excluding hydrogens is 273 g/mol. The second-order valence-electron chi connectivity index (χ2n) is 4.31. The van der Waals surface area contributed by atoms with Gasteiger partial charge in [-0.1, -0.05) is 6.07 Å². The number of nitrogens with zero attached hydrogens (tertiary/aromatic N) is 1. The van der Waals surface area contributed by atoms with Crippen LogP contribution in [-0.2, 0) is 0 Å². The maximum absolute atomic E-state index is 12.2. The minimum absolute atomic E-state index is 0.418. The fraction of sp³-hybridized carbons (Fsp3) is 0.462. The highest BCUT2D eigenvalue weighted by Gasteiger charge is 2.28. The van der Waals surface area contributed by atoms with Crippen LogP contribution in [0.1, 0.15) is 18.0 Å². The van der Waals surface area contributed by atoms with E-state index in [4.69, 9.17) is 14.7 Å². The molecule has 1 aliphatic heterocycles. The highest BCUT2D eigenvalue weighted by atomic mass is 19.4. The van der Waals surface area contributed by atoms with Crippen LogP contribution >= 0.6 is 0 Å². The molecule has 1 heterocycles. The third-order valence-electron chi connectivity index (χ3n) is 2.74. The van der Waals surface area contributed by atoms with Crippen molar-refractivity contribution < 1.29 is 22.6 Å². The molecule has 2 rings (SSSR count). The Labute approximate surface area is 114 Å². The summed E-state index contributed by atoms with van der Waals surface area (Å²) in [5.41, 5.74) is 0.418. The van der Waals surface area contributed by atoms with Gasteiger partial charge in [-0.15, -0.1) is 0 Å². The first-order chi connectivity index (χ1) is 9.49. The largest absolute Gasteiger partial charge is 0.490 e. The highest BCUT2D eigenvalue weighted by molar-refractivity contribution is 5.45. The van der Waals surface area contributed by atoms with Crippen molar-refractivity contribution in [3.05, 3.63) is 23.8 Å². The monoisotopic (exact) mass is 286 g/mol. The van der Waals surface area contributed by atoms with Crippen LogP contribution in [0.25, 0.3) is 0 Å². The summed E-state index contributed by atoms with van der Waals surface area (Å²) >= 11 is 0. The smallest absolute Gasteiger partial charge is 0.401 e. The molecule has 0 fully saturated rings. The third-order valence-corrected chi connectivity index (χ3v) is 2.74. The number of ether oxygens (including phenoxy) is 2. The SMILES string of the molecule is N#CC(NCC(F)(F)F)c1ccc2c(c1)OCCCO2. The summed E-state index contributed by atoms with van der Waals surface area (Å²) in [6, 6.07) is 5.47. The van der Waals surface area contributed by atoms with E-state index in [1.165, 1.54) is 6.07 Å². The van der Waals surface area contributed by atoms with Gasteiger partial charge in [0.15, 0.2) is 11.5 Å². The maximum atomic E-state index is 12.2. The number of fused-ring (bicyclic) bond motifs is 1. The number of hydrogen-bond acceptors (Lipinski definition) is 4. The van der Waals surface area contributed by atoms with E-state index < -0.39 is 18.8 Å². The van der Waals surface area contributed by atoms with E-state index in [9.17, 15) is 13.2 Å². The molecule has 1 atom stereocenters. The third kappa shape index (κ3) is 3.78. The van der Waals surface area contributed by atoms with Crippen molar-refractivity contribution in [2.24, 2.45) is 0 Å². The van der Waals surface area contributed by atoms with Crippen molar-refractivity contribution in [2.45, 2.75) is 18.6 Å². The lowest BCUT2D eigenvalue weighted by atomic mass is 10.1. The Bertz CT molecular complexity index is 511. The van der Waals surface area contributed by atoms with Gasteiger partial charge in [0, 0.05) is 6.42 Å². The number of benzene rings is 1. The topological polar surface area (TPSA) is 54.3 Å². The number of halogens is 3. The predicted octanol–water partition coefficient (Wildman–Crippen LogP) is 2.56. The van der Waals surface area contributed by atoms with Crippen molar-refractivity contribution in [1.82, 2.24) is 5.32 Å². The number of hydrogen-bond donors (Lipinski definition) is 1. The molecule has 0 saturated carbocycles. The van der Waals surface area contributed by atoms with Crippen LogP contribution in [0.15, 0.2) is 18.2 Å². The molecule has 1 N–H and O–H groups in total. The van der Waals surface area contributed by atoms with Crippen LogP contribution in [0, 0.1) is 11.3 Å². The van der Waals surface area contributed by atoms with E-state index in [1.807, 2.05) is 0 Å². The molecule has 1 aromatic rings. The Balaban J connectivity index is 2.14. The average Bonchev–Trinajstić information content (AvgIpc) is 2.62. The second-order valence-corrected chi connectivity index (χ2v) is 4.31. The molecule has 1 unspecified atom stereocenters. The lowest BCUT2D eigenvalue weighted by molar-refractivity contribution is -0.125. The zero-order valence-electron chi connectivity index (χ0n) is 10.5. The zero-order valence-corrected chi connectivity index (χ0v) is 10.5. The molecule has 0 spiro atoms. The van der Waals surface area contributed by atoms with Gasteiger partial charge in [-0.3, -0.25) is 5.32 Å². The van der Waals surface area contributed by atoms with Gasteiger partial charge in [0.25, 0.3) is 0 Å². The molecule has 0 radical (unpaired) electrons. The van der Waals surface area contributed by atoms with Crippen LogP contribution in [0.3, 0.4) is 0 Å². The summed E-state index contributed by atoms with van der Waals surface area (Å²) in [7, 11) is 0. The molecule has 0 saturated heterocycles. The molecular formula is C13H13F3N2O2. The fourth-order valence-electron chi connectivity index (χ4n) is 1.82. The Morgan fingerprint density at radius 3 is 2.60 bits per heavy atom. The first kappa shape index (κ1) is 14.5. The number of nitriles is 1. The quantitative estimate of drug-likeness (QED) is 0.928. The fourth-order valence-corrected chi connectivity index (χ4v) is 1.82. The van der Waals surface area contributed by atoms with E-state index >= 15 is 0 Å². The van der Waals surface area contributed by atoms with Gasteiger partial charge in [0.05, 0.1) is 25.8 Å². The van der Waals surface area contributed by atoms with Gasteiger partial charge in [0.1, 0.15) is 6.04 Å². The lowest BCUT2D eigenvalue weighted by Gasteiger charge is -2.15. The first-order valence-electron chi connectivity index (χ1n) is 6.09. The molecule has 108 valence electrons. The molecule has 0 aromatic heterocycles. The van der Waals surface area contributed by atoms with Crippen molar-refractivity contribution in [2.75, 3.05) is 19.8 Å². The van der Waals surface area contributed by atoms with Crippen molar-refractivity contribution >= 4 is 0 Å². The summed E-state index contributed by atoms with van der Waals surface area (Å²) in [5.74, 6) is 0.993.